The summed E-state index contributed by atoms with van der Waals surface area (Å²) in [6.07, 6.45) is 2.60. The van der Waals surface area contributed by atoms with Crippen molar-refractivity contribution < 1.29 is 9.47 Å². The highest BCUT2D eigenvalue weighted by molar-refractivity contribution is 5.64. The molecule has 3 aromatic rings. The first kappa shape index (κ1) is 20.2. The first-order valence-electron chi connectivity index (χ1n) is 9.47. The second-order valence-corrected chi connectivity index (χ2v) is 6.36. The highest BCUT2D eigenvalue weighted by Crippen LogP contribution is 2.27. The molecule has 0 spiro atoms. The van der Waals surface area contributed by atoms with Crippen LogP contribution in [0.15, 0.2) is 67.3 Å². The fraction of sp³-hybridized carbons (Fsp3) is 0.217. The molecule has 29 heavy (non-hydrogen) atoms. The zero-order valence-electron chi connectivity index (χ0n) is 16.8. The summed E-state index contributed by atoms with van der Waals surface area (Å²) in [5, 5.41) is 6.57. The lowest BCUT2D eigenvalue weighted by Gasteiger charge is -2.12. The number of anilines is 2. The lowest BCUT2D eigenvalue weighted by atomic mass is 10.1. The van der Waals surface area contributed by atoms with E-state index >= 15 is 0 Å². The van der Waals surface area contributed by atoms with E-state index in [1.165, 1.54) is 0 Å². The van der Waals surface area contributed by atoms with Gasteiger partial charge in [0.1, 0.15) is 5.82 Å². The summed E-state index contributed by atoms with van der Waals surface area (Å²) in [7, 11) is 3.27. The van der Waals surface area contributed by atoms with Crippen LogP contribution in [0.4, 0.5) is 11.8 Å². The predicted molar refractivity (Wildman–Crippen MR) is 118 cm³/mol. The molecule has 0 aliphatic carbocycles. The molecule has 0 saturated heterocycles. The number of hydrogen-bond acceptors (Lipinski definition) is 6. The third-order valence-corrected chi connectivity index (χ3v) is 4.37. The molecular formula is C23H26N4O2. The molecule has 0 bridgehead atoms. The quantitative estimate of drug-likeness (QED) is 0.500. The van der Waals surface area contributed by atoms with Gasteiger partial charge >= 0.3 is 0 Å². The van der Waals surface area contributed by atoms with Crippen molar-refractivity contribution in [2.75, 3.05) is 37.9 Å². The molecule has 2 N–H and O–H groups in total. The number of rotatable bonds is 10. The number of nitrogens with zero attached hydrogens (tertiary/aromatic N) is 2. The van der Waals surface area contributed by atoms with Gasteiger partial charge in [0.15, 0.2) is 11.5 Å². The molecule has 2 aromatic carbocycles. The molecular weight excluding hydrogens is 364 g/mol. The van der Waals surface area contributed by atoms with Gasteiger partial charge in [-0.15, -0.1) is 6.58 Å². The van der Waals surface area contributed by atoms with Crippen LogP contribution >= 0.6 is 0 Å². The van der Waals surface area contributed by atoms with Crippen LogP contribution in [0.5, 0.6) is 11.5 Å². The largest absolute Gasteiger partial charge is 0.493 e. The Morgan fingerprint density at radius 3 is 2.45 bits per heavy atom. The molecule has 0 aliphatic heterocycles. The minimum atomic E-state index is 0.582. The van der Waals surface area contributed by atoms with Crippen molar-refractivity contribution in [3.63, 3.8) is 0 Å². The molecule has 0 unspecified atom stereocenters. The Morgan fingerprint density at radius 1 is 0.931 bits per heavy atom. The molecule has 3 rings (SSSR count). The van der Waals surface area contributed by atoms with E-state index in [1.54, 1.807) is 20.3 Å². The number of aromatic nitrogens is 2. The maximum absolute atomic E-state index is 5.37. The SMILES string of the molecule is C=CCNc1cc(-c2ccccc2)nc(NCCc2ccc(OC)c(OC)c2)n1. The lowest BCUT2D eigenvalue weighted by Crippen LogP contribution is -2.10. The lowest BCUT2D eigenvalue weighted by molar-refractivity contribution is 0.354. The number of methoxy groups -OCH3 is 2. The summed E-state index contributed by atoms with van der Waals surface area (Å²) >= 11 is 0. The van der Waals surface area contributed by atoms with E-state index in [0.717, 1.165) is 40.6 Å². The Balaban J connectivity index is 1.73. The molecule has 0 saturated carbocycles. The third-order valence-electron chi connectivity index (χ3n) is 4.37. The van der Waals surface area contributed by atoms with Crippen molar-refractivity contribution in [2.45, 2.75) is 6.42 Å². The molecule has 0 aliphatic rings. The van der Waals surface area contributed by atoms with Crippen LogP contribution in [0.1, 0.15) is 5.56 Å². The molecule has 6 heteroatoms. The van der Waals surface area contributed by atoms with Crippen molar-refractivity contribution in [1.82, 2.24) is 9.97 Å². The molecule has 0 amide bonds. The first-order chi connectivity index (χ1) is 14.2. The van der Waals surface area contributed by atoms with Gasteiger partial charge in [-0.25, -0.2) is 4.98 Å². The summed E-state index contributed by atoms with van der Waals surface area (Å²) < 4.78 is 10.7. The Morgan fingerprint density at radius 2 is 1.72 bits per heavy atom. The van der Waals surface area contributed by atoms with E-state index in [9.17, 15) is 0 Å². The summed E-state index contributed by atoms with van der Waals surface area (Å²) in [6.45, 7) is 5.07. The summed E-state index contributed by atoms with van der Waals surface area (Å²) in [4.78, 5) is 9.23. The van der Waals surface area contributed by atoms with Gasteiger partial charge in [-0.3, -0.25) is 0 Å². The van der Waals surface area contributed by atoms with Crippen LogP contribution in [-0.2, 0) is 6.42 Å². The smallest absolute Gasteiger partial charge is 0.225 e. The molecule has 0 radical (unpaired) electrons. The van der Waals surface area contributed by atoms with Crippen LogP contribution in [-0.4, -0.2) is 37.3 Å². The van der Waals surface area contributed by atoms with E-state index in [4.69, 9.17) is 9.47 Å². The number of benzene rings is 2. The maximum atomic E-state index is 5.37. The average molecular weight is 390 g/mol. The first-order valence-corrected chi connectivity index (χ1v) is 9.47. The highest BCUT2D eigenvalue weighted by Gasteiger charge is 2.08. The van der Waals surface area contributed by atoms with Gasteiger partial charge in [0, 0.05) is 24.7 Å². The monoisotopic (exact) mass is 390 g/mol. The van der Waals surface area contributed by atoms with E-state index in [0.29, 0.717) is 19.0 Å². The van der Waals surface area contributed by atoms with Crippen molar-refractivity contribution >= 4 is 11.8 Å². The van der Waals surface area contributed by atoms with Crippen LogP contribution in [0, 0.1) is 0 Å². The zero-order chi connectivity index (χ0) is 20.5. The molecule has 1 aromatic heterocycles. The molecule has 150 valence electrons. The van der Waals surface area contributed by atoms with E-state index in [-0.39, 0.29) is 0 Å². The Labute approximate surface area is 171 Å². The second-order valence-electron chi connectivity index (χ2n) is 6.36. The van der Waals surface area contributed by atoms with Gasteiger partial charge in [0.2, 0.25) is 5.95 Å². The molecule has 6 nitrogen and oxygen atoms in total. The molecule has 0 atom stereocenters. The number of nitrogens with one attached hydrogen (secondary N) is 2. The molecule has 1 heterocycles. The van der Waals surface area contributed by atoms with Crippen molar-refractivity contribution in [1.29, 1.82) is 0 Å². The van der Waals surface area contributed by atoms with Crippen LogP contribution in [0.2, 0.25) is 0 Å². The minimum absolute atomic E-state index is 0.582. The van der Waals surface area contributed by atoms with Gasteiger partial charge in [-0.2, -0.15) is 4.98 Å². The second kappa shape index (κ2) is 10.1. The maximum Gasteiger partial charge on any atom is 0.225 e. The van der Waals surface area contributed by atoms with Gasteiger partial charge in [0.05, 0.1) is 19.9 Å². The van der Waals surface area contributed by atoms with E-state index in [2.05, 4.69) is 27.2 Å². The third kappa shape index (κ3) is 5.48. The predicted octanol–water partition coefficient (Wildman–Crippen LogP) is 4.41. The van der Waals surface area contributed by atoms with E-state index in [1.807, 2.05) is 54.6 Å². The number of hydrogen-bond donors (Lipinski definition) is 2. The summed E-state index contributed by atoms with van der Waals surface area (Å²) in [5.74, 6) is 2.79. The Hall–Kier alpha value is -3.54. The standard InChI is InChI=1S/C23H26N4O2/c1-4-13-24-22-16-19(18-8-6-5-7-9-18)26-23(27-22)25-14-12-17-10-11-20(28-2)21(15-17)29-3/h4-11,15-16H,1,12-14H2,2-3H3,(H2,24,25,26,27). The Bertz CT molecular complexity index is 945. The van der Waals surface area contributed by atoms with Crippen molar-refractivity contribution in [2.24, 2.45) is 0 Å². The minimum Gasteiger partial charge on any atom is -0.493 e. The van der Waals surface area contributed by atoms with E-state index < -0.39 is 0 Å². The average Bonchev–Trinajstić information content (AvgIpc) is 2.78. The number of ether oxygens (including phenoxy) is 2. The van der Waals surface area contributed by atoms with Crippen molar-refractivity contribution in [3.05, 3.63) is 72.8 Å². The highest BCUT2D eigenvalue weighted by atomic mass is 16.5. The van der Waals surface area contributed by atoms with Crippen LogP contribution in [0.3, 0.4) is 0 Å². The normalized spacial score (nSPS) is 10.3. The van der Waals surface area contributed by atoms with Crippen LogP contribution < -0.4 is 20.1 Å². The topological polar surface area (TPSA) is 68.3 Å². The molecule has 0 fully saturated rings. The fourth-order valence-corrected chi connectivity index (χ4v) is 2.91. The van der Waals surface area contributed by atoms with Gasteiger partial charge < -0.3 is 20.1 Å². The summed E-state index contributed by atoms with van der Waals surface area (Å²) in [6, 6.07) is 17.9. The van der Waals surface area contributed by atoms with Crippen LogP contribution in [0.25, 0.3) is 11.3 Å². The van der Waals surface area contributed by atoms with Crippen molar-refractivity contribution in [3.8, 4) is 22.8 Å². The van der Waals surface area contributed by atoms with Gasteiger partial charge in [-0.1, -0.05) is 42.5 Å². The van der Waals surface area contributed by atoms with Gasteiger partial charge in [-0.05, 0) is 24.1 Å². The zero-order valence-corrected chi connectivity index (χ0v) is 16.8. The van der Waals surface area contributed by atoms with Gasteiger partial charge in [0.25, 0.3) is 0 Å². The fourth-order valence-electron chi connectivity index (χ4n) is 2.91. The summed E-state index contributed by atoms with van der Waals surface area (Å²) in [5.41, 5.74) is 3.04. The Kier molecular flexibility index (Phi) is 7.05.